The van der Waals surface area contributed by atoms with Crippen LogP contribution < -0.4 is 10.1 Å². The zero-order chi connectivity index (χ0) is 17.6. The Balaban J connectivity index is 1.73. The highest BCUT2D eigenvalue weighted by Gasteiger charge is 2.42. The smallest absolute Gasteiger partial charge is 0.335 e. The molecule has 2 aromatic rings. The van der Waals surface area contributed by atoms with Crippen molar-refractivity contribution >= 4 is 17.6 Å². The lowest BCUT2D eigenvalue weighted by molar-refractivity contribution is 0.0661. The average molecular weight is 338 g/mol. The molecule has 0 bridgehead atoms. The van der Waals surface area contributed by atoms with Gasteiger partial charge in [0, 0.05) is 11.7 Å². The van der Waals surface area contributed by atoms with Crippen LogP contribution in [0.25, 0.3) is 0 Å². The average Bonchev–Trinajstić information content (AvgIpc) is 3.46. The normalized spacial score (nSPS) is 19.2. The van der Waals surface area contributed by atoms with Crippen LogP contribution in [0.1, 0.15) is 45.3 Å². The first-order chi connectivity index (χ1) is 12.1. The van der Waals surface area contributed by atoms with Gasteiger partial charge in [-0.15, -0.1) is 0 Å². The minimum absolute atomic E-state index is 0.0255. The number of ether oxygens (including phenoxy) is 1. The first kappa shape index (κ1) is 15.5. The Labute approximate surface area is 145 Å². The number of aromatic carboxylic acids is 1. The van der Waals surface area contributed by atoms with Gasteiger partial charge >= 0.3 is 5.97 Å². The molecule has 6 nitrogen and oxygen atoms in total. The molecule has 1 fully saturated rings. The summed E-state index contributed by atoms with van der Waals surface area (Å²) in [7, 11) is 1.58. The third-order valence-electron chi connectivity index (χ3n) is 4.68. The van der Waals surface area contributed by atoms with Crippen molar-refractivity contribution in [3.63, 3.8) is 0 Å². The van der Waals surface area contributed by atoms with E-state index >= 15 is 0 Å². The van der Waals surface area contributed by atoms with Gasteiger partial charge < -0.3 is 20.1 Å². The van der Waals surface area contributed by atoms with E-state index in [0.717, 1.165) is 24.1 Å². The Hall–Kier alpha value is -3.02. The van der Waals surface area contributed by atoms with E-state index in [0.29, 0.717) is 11.3 Å². The van der Waals surface area contributed by atoms with Crippen molar-refractivity contribution in [1.82, 2.24) is 4.90 Å². The highest BCUT2D eigenvalue weighted by molar-refractivity contribution is 6.02. The minimum Gasteiger partial charge on any atom is -0.497 e. The molecule has 25 heavy (non-hydrogen) atoms. The largest absolute Gasteiger partial charge is 0.497 e. The molecule has 2 aliphatic rings. The number of carbonyl (C=O) groups excluding carboxylic acids is 1. The predicted molar refractivity (Wildman–Crippen MR) is 92.0 cm³/mol. The van der Waals surface area contributed by atoms with Crippen molar-refractivity contribution in [3.05, 3.63) is 59.2 Å². The monoisotopic (exact) mass is 338 g/mol. The van der Waals surface area contributed by atoms with Gasteiger partial charge in [0.15, 0.2) is 0 Å². The minimum atomic E-state index is -0.962. The number of hydrogen-bond acceptors (Lipinski definition) is 4. The molecule has 1 aliphatic heterocycles. The van der Waals surface area contributed by atoms with Gasteiger partial charge in [-0.1, -0.05) is 12.1 Å². The lowest BCUT2D eigenvalue weighted by atomic mass is 10.0. The fraction of sp³-hybridized carbons (Fsp3) is 0.263. The van der Waals surface area contributed by atoms with Crippen LogP contribution in [0, 0.1) is 0 Å². The fourth-order valence-corrected chi connectivity index (χ4v) is 3.21. The number of rotatable bonds is 4. The number of nitrogens with one attached hydrogen (secondary N) is 1. The molecule has 128 valence electrons. The molecular weight excluding hydrogens is 320 g/mol. The highest BCUT2D eigenvalue weighted by Crippen LogP contribution is 2.41. The first-order valence-electron chi connectivity index (χ1n) is 8.19. The molecule has 1 saturated carbocycles. The summed E-state index contributed by atoms with van der Waals surface area (Å²) in [6.45, 7) is 0. The van der Waals surface area contributed by atoms with Crippen molar-refractivity contribution in [2.75, 3.05) is 12.4 Å². The van der Waals surface area contributed by atoms with Gasteiger partial charge in [-0.3, -0.25) is 4.79 Å². The number of anilines is 1. The molecule has 0 spiro atoms. The van der Waals surface area contributed by atoms with Crippen molar-refractivity contribution in [3.8, 4) is 5.75 Å². The molecule has 2 aromatic carbocycles. The Morgan fingerprint density at radius 2 is 1.92 bits per heavy atom. The van der Waals surface area contributed by atoms with Crippen molar-refractivity contribution < 1.29 is 19.4 Å². The van der Waals surface area contributed by atoms with Gasteiger partial charge in [0.25, 0.3) is 5.91 Å². The van der Waals surface area contributed by atoms with E-state index in [1.54, 1.807) is 37.4 Å². The molecular formula is C19H18N2O4. The number of hydrogen-bond donors (Lipinski definition) is 2. The summed E-state index contributed by atoms with van der Waals surface area (Å²) < 4.78 is 5.23. The molecule has 1 heterocycles. The SMILES string of the molecule is COc1ccc2c(c1)C(=O)N(C1CC1)[C@@H](c1ccc(C(=O)O)cc1)N2. The van der Waals surface area contributed by atoms with E-state index in [1.807, 2.05) is 17.0 Å². The number of amides is 1. The van der Waals surface area contributed by atoms with Crippen molar-refractivity contribution in [2.24, 2.45) is 0 Å². The van der Waals surface area contributed by atoms with Crippen LogP contribution in [0.3, 0.4) is 0 Å². The summed E-state index contributed by atoms with van der Waals surface area (Å²) in [6.07, 6.45) is 1.66. The molecule has 0 aromatic heterocycles. The lowest BCUT2D eigenvalue weighted by Gasteiger charge is -2.38. The van der Waals surface area contributed by atoms with E-state index in [9.17, 15) is 9.59 Å². The number of methoxy groups -OCH3 is 1. The lowest BCUT2D eigenvalue weighted by Crippen LogP contribution is -2.44. The predicted octanol–water partition coefficient (Wildman–Crippen LogP) is 3.12. The van der Waals surface area contributed by atoms with Crippen LogP contribution in [0.2, 0.25) is 0 Å². The van der Waals surface area contributed by atoms with Gasteiger partial charge in [0.1, 0.15) is 11.9 Å². The third-order valence-corrected chi connectivity index (χ3v) is 4.68. The molecule has 0 radical (unpaired) electrons. The molecule has 1 amide bonds. The Morgan fingerprint density at radius 3 is 2.52 bits per heavy atom. The zero-order valence-electron chi connectivity index (χ0n) is 13.7. The molecule has 0 unspecified atom stereocenters. The molecule has 0 saturated heterocycles. The van der Waals surface area contributed by atoms with Crippen LogP contribution >= 0.6 is 0 Å². The molecule has 4 rings (SSSR count). The molecule has 6 heteroatoms. The Morgan fingerprint density at radius 1 is 1.20 bits per heavy atom. The number of carboxylic acids is 1. The van der Waals surface area contributed by atoms with Gasteiger partial charge in [-0.05, 0) is 48.7 Å². The van der Waals surface area contributed by atoms with Gasteiger partial charge in [0.2, 0.25) is 0 Å². The van der Waals surface area contributed by atoms with Crippen LogP contribution in [0.4, 0.5) is 5.69 Å². The number of benzene rings is 2. The Bertz CT molecular complexity index is 843. The summed E-state index contributed by atoms with van der Waals surface area (Å²) in [5.74, 6) is -0.341. The van der Waals surface area contributed by atoms with E-state index in [1.165, 1.54) is 0 Å². The summed E-state index contributed by atoms with van der Waals surface area (Å²) >= 11 is 0. The van der Waals surface area contributed by atoms with E-state index in [2.05, 4.69) is 5.32 Å². The van der Waals surface area contributed by atoms with Gasteiger partial charge in [-0.2, -0.15) is 0 Å². The first-order valence-corrected chi connectivity index (χ1v) is 8.19. The van der Waals surface area contributed by atoms with Gasteiger partial charge in [0.05, 0.1) is 18.2 Å². The second kappa shape index (κ2) is 5.81. The van der Waals surface area contributed by atoms with Crippen LogP contribution in [-0.4, -0.2) is 35.0 Å². The van der Waals surface area contributed by atoms with Gasteiger partial charge in [-0.25, -0.2) is 4.79 Å². The number of fused-ring (bicyclic) bond motifs is 1. The summed E-state index contributed by atoms with van der Waals surface area (Å²) in [5, 5.41) is 12.5. The van der Waals surface area contributed by atoms with Crippen LogP contribution in [0.15, 0.2) is 42.5 Å². The van der Waals surface area contributed by atoms with E-state index < -0.39 is 5.97 Å². The molecule has 1 atom stereocenters. The van der Waals surface area contributed by atoms with Crippen LogP contribution in [-0.2, 0) is 0 Å². The maximum atomic E-state index is 13.1. The second-order valence-electron chi connectivity index (χ2n) is 6.33. The fourth-order valence-electron chi connectivity index (χ4n) is 3.21. The number of nitrogens with zero attached hydrogens (tertiary/aromatic N) is 1. The summed E-state index contributed by atoms with van der Waals surface area (Å²) in [4.78, 5) is 26.0. The number of carboxylic acid groups (broad SMARTS) is 1. The summed E-state index contributed by atoms with van der Waals surface area (Å²) in [5.41, 5.74) is 2.46. The van der Waals surface area contributed by atoms with Crippen molar-refractivity contribution in [2.45, 2.75) is 25.0 Å². The highest BCUT2D eigenvalue weighted by atomic mass is 16.5. The second-order valence-corrected chi connectivity index (χ2v) is 6.33. The quantitative estimate of drug-likeness (QED) is 0.895. The summed E-state index contributed by atoms with van der Waals surface area (Å²) in [6, 6.07) is 12.3. The zero-order valence-corrected chi connectivity index (χ0v) is 13.7. The maximum absolute atomic E-state index is 13.1. The number of carbonyl (C=O) groups is 2. The maximum Gasteiger partial charge on any atom is 0.335 e. The standard InChI is InChI=1S/C19H18N2O4/c1-25-14-8-9-16-15(10-14)18(22)21(13-6-7-13)17(20-16)11-2-4-12(5-3-11)19(23)24/h2-5,8-10,13,17,20H,6-7H2,1H3,(H,23,24)/t17-/m0/s1. The van der Waals surface area contributed by atoms with E-state index in [4.69, 9.17) is 9.84 Å². The Kier molecular flexibility index (Phi) is 3.60. The third kappa shape index (κ3) is 2.69. The topological polar surface area (TPSA) is 78.9 Å². The van der Waals surface area contributed by atoms with E-state index in [-0.39, 0.29) is 23.7 Å². The molecule has 1 aliphatic carbocycles. The van der Waals surface area contributed by atoms with Crippen molar-refractivity contribution in [1.29, 1.82) is 0 Å². The molecule has 2 N–H and O–H groups in total. The van der Waals surface area contributed by atoms with Crippen LogP contribution in [0.5, 0.6) is 5.75 Å².